The Labute approximate surface area is 131 Å². The van der Waals surface area contributed by atoms with Crippen LogP contribution in [-0.2, 0) is 11.2 Å². The lowest BCUT2D eigenvalue weighted by atomic mass is 10.1. The molecule has 0 bridgehead atoms. The molecule has 1 amide bonds. The third-order valence-electron chi connectivity index (χ3n) is 4.51. The minimum Gasteiger partial charge on any atom is -0.479 e. The van der Waals surface area contributed by atoms with Crippen LogP contribution in [0, 0.1) is 29.1 Å². The summed E-state index contributed by atoms with van der Waals surface area (Å²) in [6.45, 7) is 0.364. The molecule has 1 aliphatic heterocycles. The number of ether oxygens (including phenoxy) is 1. The van der Waals surface area contributed by atoms with E-state index >= 15 is 0 Å². The number of rotatable bonds is 4. The van der Waals surface area contributed by atoms with Gasteiger partial charge in [-0.15, -0.1) is 0 Å². The predicted octanol–water partition coefficient (Wildman–Crippen LogP) is 2.40. The van der Waals surface area contributed by atoms with Crippen LogP contribution in [0.1, 0.15) is 5.56 Å². The van der Waals surface area contributed by atoms with Crippen molar-refractivity contribution in [2.24, 2.45) is 17.8 Å². The highest BCUT2D eigenvalue weighted by Crippen LogP contribution is 2.59. The van der Waals surface area contributed by atoms with Crippen molar-refractivity contribution in [2.75, 3.05) is 19.7 Å². The first kappa shape index (κ1) is 15.7. The summed E-state index contributed by atoms with van der Waals surface area (Å²) in [5, 5.41) is 8.42. The number of benzene rings is 1. The maximum Gasteiger partial charge on any atom is 0.392 e. The van der Waals surface area contributed by atoms with E-state index < -0.39 is 23.9 Å². The zero-order valence-electron chi connectivity index (χ0n) is 12.2. The highest BCUT2D eigenvalue weighted by Gasteiger charge is 2.67. The minimum absolute atomic E-state index is 0.0464. The number of hydrogen-bond acceptors (Lipinski definition) is 3. The molecule has 0 N–H and O–H groups in total. The van der Waals surface area contributed by atoms with Gasteiger partial charge in [-0.3, -0.25) is 4.79 Å². The molecular formula is C16H15F3N2O2. The fourth-order valence-electron chi connectivity index (χ4n) is 3.32. The maximum absolute atomic E-state index is 12.6. The number of piperidine rings is 1. The van der Waals surface area contributed by atoms with Gasteiger partial charge in [0.2, 0.25) is 5.91 Å². The Bertz CT molecular complexity index is 624. The van der Waals surface area contributed by atoms with Gasteiger partial charge in [0.1, 0.15) is 11.8 Å². The molecule has 7 heteroatoms. The van der Waals surface area contributed by atoms with E-state index in [4.69, 9.17) is 10.00 Å². The predicted molar refractivity (Wildman–Crippen MR) is 74.4 cm³/mol. The third kappa shape index (κ3) is 3.26. The second kappa shape index (κ2) is 5.76. The first-order valence-corrected chi connectivity index (χ1v) is 7.33. The number of likely N-dealkylation sites (tertiary alicyclic amines) is 1. The zero-order valence-corrected chi connectivity index (χ0v) is 12.2. The van der Waals surface area contributed by atoms with Crippen LogP contribution < -0.4 is 4.74 Å². The van der Waals surface area contributed by atoms with Crippen molar-refractivity contribution >= 4 is 5.91 Å². The lowest BCUT2D eigenvalue weighted by Crippen LogP contribution is -2.34. The molecule has 1 unspecified atom stereocenters. The monoisotopic (exact) mass is 324 g/mol. The van der Waals surface area contributed by atoms with Gasteiger partial charge < -0.3 is 9.64 Å². The topological polar surface area (TPSA) is 53.3 Å². The first-order valence-electron chi connectivity index (χ1n) is 7.33. The lowest BCUT2D eigenvalue weighted by Gasteiger charge is -2.21. The summed E-state index contributed by atoms with van der Waals surface area (Å²) < 4.78 is 43.0. The van der Waals surface area contributed by atoms with Crippen molar-refractivity contribution in [3.05, 3.63) is 29.8 Å². The molecule has 3 atom stereocenters. The van der Waals surface area contributed by atoms with Crippen LogP contribution in [0.2, 0.25) is 0 Å². The molecule has 0 aromatic heterocycles. The second-order valence-electron chi connectivity index (χ2n) is 5.96. The van der Waals surface area contributed by atoms with E-state index in [0.717, 1.165) is 5.56 Å². The zero-order chi connectivity index (χ0) is 16.6. The van der Waals surface area contributed by atoms with Gasteiger partial charge in [0, 0.05) is 13.1 Å². The number of fused-ring (bicyclic) bond motifs is 1. The summed E-state index contributed by atoms with van der Waals surface area (Å²) in [7, 11) is 0. The Hall–Kier alpha value is -2.23. The van der Waals surface area contributed by atoms with E-state index in [0.29, 0.717) is 5.75 Å². The van der Waals surface area contributed by atoms with Gasteiger partial charge in [0.25, 0.3) is 0 Å². The SMILES string of the molecule is N#CCOc1ccc(CC(=O)N2C[C@@H]3C(C(F)(F)F)[C@@H]3C2)cc1. The third-order valence-corrected chi connectivity index (χ3v) is 4.51. The van der Waals surface area contributed by atoms with Crippen molar-refractivity contribution in [3.63, 3.8) is 0 Å². The molecule has 0 spiro atoms. The van der Waals surface area contributed by atoms with E-state index in [1.165, 1.54) is 4.90 Å². The molecule has 2 fully saturated rings. The molecule has 1 aromatic rings. The summed E-state index contributed by atoms with van der Waals surface area (Å²) in [6.07, 6.45) is -3.97. The average Bonchev–Trinajstić information content (AvgIpc) is 3.04. The number of amides is 1. The molecule has 1 saturated heterocycles. The molecule has 122 valence electrons. The van der Waals surface area contributed by atoms with Gasteiger partial charge in [-0.25, -0.2) is 0 Å². The van der Waals surface area contributed by atoms with E-state index in [1.54, 1.807) is 24.3 Å². The second-order valence-corrected chi connectivity index (χ2v) is 5.96. The van der Waals surface area contributed by atoms with Crippen LogP contribution in [0.5, 0.6) is 5.75 Å². The van der Waals surface area contributed by atoms with E-state index in [2.05, 4.69) is 0 Å². The van der Waals surface area contributed by atoms with Crippen LogP contribution in [0.3, 0.4) is 0 Å². The Morgan fingerprint density at radius 2 is 1.87 bits per heavy atom. The molecule has 4 nitrogen and oxygen atoms in total. The molecular weight excluding hydrogens is 309 g/mol. The number of nitrogens with zero attached hydrogens (tertiary/aromatic N) is 2. The largest absolute Gasteiger partial charge is 0.479 e. The summed E-state index contributed by atoms with van der Waals surface area (Å²) in [4.78, 5) is 13.7. The molecule has 2 aliphatic rings. The smallest absolute Gasteiger partial charge is 0.392 e. The summed E-state index contributed by atoms with van der Waals surface area (Å²) in [6, 6.07) is 8.64. The number of alkyl halides is 3. The molecule has 1 aromatic carbocycles. The van der Waals surface area contributed by atoms with Crippen LogP contribution in [0.4, 0.5) is 13.2 Å². The van der Waals surface area contributed by atoms with Gasteiger partial charge in [0.05, 0.1) is 12.3 Å². The van der Waals surface area contributed by atoms with Crippen molar-refractivity contribution < 1.29 is 22.7 Å². The van der Waals surface area contributed by atoms with Crippen LogP contribution in [0.25, 0.3) is 0 Å². The van der Waals surface area contributed by atoms with E-state index in [1.807, 2.05) is 6.07 Å². The van der Waals surface area contributed by atoms with Crippen molar-refractivity contribution in [2.45, 2.75) is 12.6 Å². The Balaban J connectivity index is 1.51. The quantitative estimate of drug-likeness (QED) is 0.854. The first-order chi connectivity index (χ1) is 10.9. The molecule has 0 radical (unpaired) electrons. The number of hydrogen-bond donors (Lipinski definition) is 0. The van der Waals surface area contributed by atoms with Crippen LogP contribution >= 0.6 is 0 Å². The fraction of sp³-hybridized carbons (Fsp3) is 0.500. The Morgan fingerprint density at radius 3 is 2.39 bits per heavy atom. The fourth-order valence-corrected chi connectivity index (χ4v) is 3.32. The van der Waals surface area contributed by atoms with E-state index in [9.17, 15) is 18.0 Å². The highest BCUT2D eigenvalue weighted by molar-refractivity contribution is 5.79. The van der Waals surface area contributed by atoms with Gasteiger partial charge in [0.15, 0.2) is 6.61 Å². The number of nitriles is 1. The summed E-state index contributed by atoms with van der Waals surface area (Å²) in [5.41, 5.74) is 0.771. The van der Waals surface area contributed by atoms with Crippen molar-refractivity contribution in [1.29, 1.82) is 5.26 Å². The van der Waals surface area contributed by atoms with Gasteiger partial charge in [-0.1, -0.05) is 12.1 Å². The molecule has 3 rings (SSSR count). The van der Waals surface area contributed by atoms with Gasteiger partial charge >= 0.3 is 6.18 Å². The number of halogens is 3. The molecule has 23 heavy (non-hydrogen) atoms. The van der Waals surface area contributed by atoms with Crippen molar-refractivity contribution in [3.8, 4) is 11.8 Å². The van der Waals surface area contributed by atoms with Crippen LogP contribution in [-0.4, -0.2) is 36.7 Å². The normalized spacial score (nSPS) is 25.7. The number of carbonyl (C=O) groups is 1. The van der Waals surface area contributed by atoms with Crippen LogP contribution in [0.15, 0.2) is 24.3 Å². The number of carbonyl (C=O) groups excluding carboxylic acids is 1. The molecule has 1 aliphatic carbocycles. The van der Waals surface area contributed by atoms with Crippen molar-refractivity contribution in [1.82, 2.24) is 4.90 Å². The average molecular weight is 324 g/mol. The summed E-state index contributed by atoms with van der Waals surface area (Å²) >= 11 is 0. The highest BCUT2D eigenvalue weighted by atomic mass is 19.4. The molecule has 1 saturated carbocycles. The minimum atomic E-state index is -4.14. The van der Waals surface area contributed by atoms with Gasteiger partial charge in [-0.2, -0.15) is 18.4 Å². The molecule has 1 heterocycles. The Kier molecular flexibility index (Phi) is 3.92. The lowest BCUT2D eigenvalue weighted by molar-refractivity contribution is -0.159. The van der Waals surface area contributed by atoms with Gasteiger partial charge in [-0.05, 0) is 29.5 Å². The van der Waals surface area contributed by atoms with E-state index in [-0.39, 0.29) is 32.0 Å². The Morgan fingerprint density at radius 1 is 1.26 bits per heavy atom. The summed E-state index contributed by atoms with van der Waals surface area (Å²) in [5.74, 6) is -1.66. The maximum atomic E-state index is 12.6. The standard InChI is InChI=1S/C16H15F3N2O2/c17-16(18,19)15-12-8-21(9-13(12)15)14(22)7-10-1-3-11(4-2-10)23-6-5-20/h1-4,12-13,15H,6-9H2/t12-,13+,15?.